The molecular formula is C16H21N3O2S. The molecule has 2 heterocycles. The zero-order chi connectivity index (χ0) is 15.5. The van der Waals surface area contributed by atoms with Gasteiger partial charge in [0.15, 0.2) is 0 Å². The van der Waals surface area contributed by atoms with Crippen LogP contribution >= 0.6 is 11.3 Å². The Morgan fingerprint density at radius 2 is 2.27 bits per heavy atom. The smallest absolute Gasteiger partial charge is 0.252 e. The predicted octanol–water partition coefficient (Wildman–Crippen LogP) is 2.44. The van der Waals surface area contributed by atoms with E-state index in [-0.39, 0.29) is 5.91 Å². The van der Waals surface area contributed by atoms with E-state index in [2.05, 4.69) is 10.4 Å². The molecule has 2 aromatic rings. The molecule has 0 fully saturated rings. The lowest BCUT2D eigenvalue weighted by molar-refractivity contribution is 0.0946. The van der Waals surface area contributed by atoms with Crippen LogP contribution in [0.1, 0.15) is 45.0 Å². The number of fused-ring (bicyclic) bond motifs is 1. The van der Waals surface area contributed by atoms with Crippen LogP contribution in [-0.4, -0.2) is 22.8 Å². The number of carbonyl (C=O) groups is 1. The van der Waals surface area contributed by atoms with Crippen molar-refractivity contribution in [3.8, 4) is 0 Å². The lowest BCUT2D eigenvalue weighted by Crippen LogP contribution is -2.25. The summed E-state index contributed by atoms with van der Waals surface area (Å²) in [6.07, 6.45) is 4.55. The number of hydrogen-bond acceptors (Lipinski definition) is 4. The van der Waals surface area contributed by atoms with E-state index in [1.54, 1.807) is 18.4 Å². The summed E-state index contributed by atoms with van der Waals surface area (Å²) in [7, 11) is 3.60. The molecule has 22 heavy (non-hydrogen) atoms. The van der Waals surface area contributed by atoms with Crippen LogP contribution < -0.4 is 5.32 Å². The maximum Gasteiger partial charge on any atom is 0.252 e. The zero-order valence-electron chi connectivity index (χ0n) is 13.0. The van der Waals surface area contributed by atoms with Gasteiger partial charge in [-0.05, 0) is 42.7 Å². The van der Waals surface area contributed by atoms with E-state index in [0.29, 0.717) is 18.7 Å². The Balaban J connectivity index is 1.71. The van der Waals surface area contributed by atoms with E-state index in [4.69, 9.17) is 4.74 Å². The second kappa shape index (κ2) is 6.62. The molecule has 0 radical (unpaired) electrons. The number of nitrogens with one attached hydrogen (secondary N) is 1. The van der Waals surface area contributed by atoms with E-state index >= 15 is 0 Å². The minimum absolute atomic E-state index is 0.0425. The second-order valence-electron chi connectivity index (χ2n) is 5.58. The molecule has 6 heteroatoms. The highest BCUT2D eigenvalue weighted by molar-refractivity contribution is 7.10. The summed E-state index contributed by atoms with van der Waals surface area (Å²) in [5.41, 5.74) is 4.37. The highest BCUT2D eigenvalue weighted by atomic mass is 32.1. The fourth-order valence-corrected chi connectivity index (χ4v) is 3.86. The fraction of sp³-hybridized carbons (Fsp3) is 0.500. The number of rotatable bonds is 5. The molecule has 0 aliphatic heterocycles. The summed E-state index contributed by atoms with van der Waals surface area (Å²) in [4.78, 5) is 13.4. The molecule has 1 aliphatic carbocycles. The molecule has 2 aromatic heterocycles. The van der Waals surface area contributed by atoms with E-state index < -0.39 is 0 Å². The van der Waals surface area contributed by atoms with Crippen LogP contribution in [0.4, 0.5) is 0 Å². The van der Waals surface area contributed by atoms with Crippen LogP contribution in [-0.2, 0) is 37.8 Å². The van der Waals surface area contributed by atoms with Gasteiger partial charge in [-0.25, -0.2) is 0 Å². The molecule has 0 spiro atoms. The first-order chi connectivity index (χ1) is 10.7. The van der Waals surface area contributed by atoms with E-state index in [0.717, 1.165) is 23.4 Å². The van der Waals surface area contributed by atoms with Gasteiger partial charge in [0.05, 0.1) is 30.1 Å². The van der Waals surface area contributed by atoms with Crippen molar-refractivity contribution in [2.45, 2.75) is 38.8 Å². The molecule has 0 saturated heterocycles. The molecule has 0 atom stereocenters. The Morgan fingerprint density at radius 1 is 1.45 bits per heavy atom. The molecule has 1 N–H and O–H groups in total. The van der Waals surface area contributed by atoms with Crippen molar-refractivity contribution in [2.75, 3.05) is 7.11 Å². The maximum absolute atomic E-state index is 12.4. The summed E-state index contributed by atoms with van der Waals surface area (Å²) in [6, 6.07) is 1.85. The number of carbonyl (C=O) groups excluding carboxylic acids is 1. The molecule has 0 bridgehead atoms. The van der Waals surface area contributed by atoms with Gasteiger partial charge in [-0.3, -0.25) is 9.48 Å². The van der Waals surface area contributed by atoms with Crippen molar-refractivity contribution in [1.82, 2.24) is 15.1 Å². The maximum atomic E-state index is 12.4. The van der Waals surface area contributed by atoms with Crippen molar-refractivity contribution in [3.05, 3.63) is 38.8 Å². The van der Waals surface area contributed by atoms with Gasteiger partial charge < -0.3 is 10.1 Å². The predicted molar refractivity (Wildman–Crippen MR) is 86.1 cm³/mol. The number of aromatic nitrogens is 2. The van der Waals surface area contributed by atoms with Crippen molar-refractivity contribution in [1.29, 1.82) is 0 Å². The Bertz CT molecular complexity index is 675. The van der Waals surface area contributed by atoms with Crippen LogP contribution in [0.5, 0.6) is 0 Å². The van der Waals surface area contributed by atoms with Gasteiger partial charge in [0.2, 0.25) is 0 Å². The Hall–Kier alpha value is -1.66. The number of hydrogen-bond donors (Lipinski definition) is 1. The SMILES string of the molecule is COCc1sccc1C(=O)NCc1c2c(nn1C)CCCC2. The number of methoxy groups -OCH3 is 1. The topological polar surface area (TPSA) is 56.1 Å². The van der Waals surface area contributed by atoms with Crippen molar-refractivity contribution in [3.63, 3.8) is 0 Å². The summed E-state index contributed by atoms with van der Waals surface area (Å²) >= 11 is 1.55. The largest absolute Gasteiger partial charge is 0.379 e. The van der Waals surface area contributed by atoms with Crippen LogP contribution in [0.3, 0.4) is 0 Å². The quantitative estimate of drug-likeness (QED) is 0.921. The summed E-state index contributed by atoms with van der Waals surface area (Å²) in [5.74, 6) is -0.0425. The first kappa shape index (κ1) is 15.2. The average Bonchev–Trinajstić information content (AvgIpc) is 3.09. The third-order valence-corrected chi connectivity index (χ3v) is 5.02. The average molecular weight is 319 g/mol. The third-order valence-electron chi connectivity index (χ3n) is 4.13. The molecule has 118 valence electrons. The summed E-state index contributed by atoms with van der Waals surface area (Å²) < 4.78 is 7.05. The van der Waals surface area contributed by atoms with E-state index in [1.165, 1.54) is 24.1 Å². The lowest BCUT2D eigenvalue weighted by Gasteiger charge is -2.12. The normalized spacial score (nSPS) is 13.9. The molecule has 0 aromatic carbocycles. The first-order valence-corrected chi connectivity index (χ1v) is 8.45. The number of nitrogens with zero attached hydrogens (tertiary/aromatic N) is 2. The molecule has 1 aliphatic rings. The van der Waals surface area contributed by atoms with Crippen molar-refractivity contribution >= 4 is 17.2 Å². The minimum Gasteiger partial charge on any atom is -0.379 e. The summed E-state index contributed by atoms with van der Waals surface area (Å²) in [5, 5.41) is 9.54. The van der Waals surface area contributed by atoms with Gasteiger partial charge in [-0.2, -0.15) is 5.10 Å². The van der Waals surface area contributed by atoms with Gasteiger partial charge in [-0.1, -0.05) is 0 Å². The Morgan fingerprint density at radius 3 is 3.09 bits per heavy atom. The van der Waals surface area contributed by atoms with Crippen LogP contribution in [0.15, 0.2) is 11.4 Å². The Kier molecular flexibility index (Phi) is 4.59. The molecule has 0 unspecified atom stereocenters. The number of thiophene rings is 1. The standard InChI is InChI=1S/C16H21N3O2S/c1-19-14(11-5-3-4-6-13(11)18-19)9-17-16(20)12-7-8-22-15(12)10-21-2/h7-8H,3-6,9-10H2,1-2H3,(H,17,20). The molecule has 0 saturated carbocycles. The van der Waals surface area contributed by atoms with Crippen LogP contribution in [0, 0.1) is 0 Å². The van der Waals surface area contributed by atoms with Gasteiger partial charge in [0, 0.05) is 19.0 Å². The van der Waals surface area contributed by atoms with Crippen molar-refractivity contribution in [2.24, 2.45) is 7.05 Å². The van der Waals surface area contributed by atoms with Crippen LogP contribution in [0.2, 0.25) is 0 Å². The second-order valence-corrected chi connectivity index (χ2v) is 6.58. The monoisotopic (exact) mass is 319 g/mol. The van der Waals surface area contributed by atoms with E-state index in [1.807, 2.05) is 23.2 Å². The van der Waals surface area contributed by atoms with Gasteiger partial charge in [0.25, 0.3) is 5.91 Å². The third kappa shape index (κ3) is 2.94. The highest BCUT2D eigenvalue weighted by Gasteiger charge is 2.20. The molecule has 5 nitrogen and oxygen atoms in total. The van der Waals surface area contributed by atoms with Crippen LogP contribution in [0.25, 0.3) is 0 Å². The van der Waals surface area contributed by atoms with Crippen molar-refractivity contribution < 1.29 is 9.53 Å². The van der Waals surface area contributed by atoms with Gasteiger partial charge in [-0.15, -0.1) is 11.3 Å². The fourth-order valence-electron chi connectivity index (χ4n) is 3.01. The van der Waals surface area contributed by atoms with Gasteiger partial charge in [0.1, 0.15) is 0 Å². The molecule has 3 rings (SSSR count). The molecular weight excluding hydrogens is 298 g/mol. The molecule has 1 amide bonds. The summed E-state index contributed by atoms with van der Waals surface area (Å²) in [6.45, 7) is 1.00. The minimum atomic E-state index is -0.0425. The number of amides is 1. The Labute approximate surface area is 134 Å². The zero-order valence-corrected chi connectivity index (χ0v) is 13.8. The van der Waals surface area contributed by atoms with Gasteiger partial charge >= 0.3 is 0 Å². The lowest BCUT2D eigenvalue weighted by atomic mass is 9.96. The number of aryl methyl sites for hydroxylation is 2. The first-order valence-electron chi connectivity index (χ1n) is 7.58. The van der Waals surface area contributed by atoms with E-state index in [9.17, 15) is 4.79 Å². The highest BCUT2D eigenvalue weighted by Crippen LogP contribution is 2.24. The number of ether oxygens (including phenoxy) is 1.